The van der Waals surface area contributed by atoms with Crippen LogP contribution in [0.5, 0.6) is 0 Å². The minimum absolute atomic E-state index is 0.164. The van der Waals surface area contributed by atoms with E-state index in [-0.39, 0.29) is 11.3 Å². The molecule has 0 fully saturated rings. The molecule has 1 heterocycles. The van der Waals surface area contributed by atoms with Crippen molar-refractivity contribution in [2.24, 2.45) is 0 Å². The van der Waals surface area contributed by atoms with Gasteiger partial charge in [-0.2, -0.15) is 0 Å². The van der Waals surface area contributed by atoms with Crippen LogP contribution in [0.2, 0.25) is 0 Å². The minimum Gasteiger partial charge on any atom is -0.294 e. The van der Waals surface area contributed by atoms with E-state index in [1.165, 1.54) is 11.8 Å². The first-order valence-corrected chi connectivity index (χ1v) is 5.32. The summed E-state index contributed by atoms with van der Waals surface area (Å²) in [4.78, 5) is 11.8. The maximum Gasteiger partial charge on any atom is 0.164 e. The summed E-state index contributed by atoms with van der Waals surface area (Å²) in [6.45, 7) is 0. The molecule has 0 spiro atoms. The number of rotatable bonds is 0. The Morgan fingerprint density at radius 3 is 2.86 bits per heavy atom. The summed E-state index contributed by atoms with van der Waals surface area (Å²) < 4.78 is 26.1. The Bertz CT molecular complexity index is 390. The molecule has 0 atom stereocenters. The fourth-order valence-corrected chi connectivity index (χ4v) is 2.47. The molecule has 0 amide bonds. The minimum atomic E-state index is -0.683. The maximum atomic E-state index is 13.3. The summed E-state index contributed by atoms with van der Waals surface area (Å²) >= 11 is 1.29. The van der Waals surface area contributed by atoms with Crippen LogP contribution in [0.3, 0.4) is 0 Å². The molecule has 0 aliphatic carbocycles. The lowest BCUT2D eigenvalue weighted by Gasteiger charge is -2.04. The van der Waals surface area contributed by atoms with E-state index in [1.54, 1.807) is 0 Å². The Balaban J connectivity index is 2.58. The van der Waals surface area contributed by atoms with Gasteiger partial charge in [0.05, 0.1) is 4.90 Å². The van der Waals surface area contributed by atoms with Gasteiger partial charge in [-0.25, -0.2) is 8.78 Å². The van der Waals surface area contributed by atoms with Crippen molar-refractivity contribution < 1.29 is 13.6 Å². The van der Waals surface area contributed by atoms with E-state index in [1.807, 2.05) is 0 Å². The predicted molar refractivity (Wildman–Crippen MR) is 50.6 cm³/mol. The van der Waals surface area contributed by atoms with E-state index in [2.05, 4.69) is 0 Å². The van der Waals surface area contributed by atoms with Gasteiger partial charge in [-0.15, -0.1) is 11.8 Å². The molecule has 74 valence electrons. The molecule has 1 aliphatic heterocycles. The maximum absolute atomic E-state index is 13.3. The third-order valence-corrected chi connectivity index (χ3v) is 3.30. The van der Waals surface area contributed by atoms with E-state index in [4.69, 9.17) is 0 Å². The first-order chi connectivity index (χ1) is 6.68. The molecule has 4 heteroatoms. The molecule has 0 radical (unpaired) electrons. The number of ketones is 1. The van der Waals surface area contributed by atoms with E-state index in [0.717, 1.165) is 18.6 Å². The summed E-state index contributed by atoms with van der Waals surface area (Å²) in [6, 6.07) is 1.95. The van der Waals surface area contributed by atoms with Crippen molar-refractivity contribution in [3.05, 3.63) is 29.3 Å². The van der Waals surface area contributed by atoms with E-state index in [9.17, 15) is 13.6 Å². The highest BCUT2D eigenvalue weighted by Gasteiger charge is 2.20. The number of halogens is 2. The van der Waals surface area contributed by atoms with Crippen molar-refractivity contribution in [2.75, 3.05) is 5.75 Å². The van der Waals surface area contributed by atoms with E-state index >= 15 is 0 Å². The van der Waals surface area contributed by atoms with Gasteiger partial charge in [-0.1, -0.05) is 0 Å². The zero-order valence-corrected chi connectivity index (χ0v) is 8.16. The second-order valence-electron chi connectivity index (χ2n) is 3.14. The lowest BCUT2D eigenvalue weighted by atomic mass is 10.1. The fraction of sp³-hybridized carbons (Fsp3) is 0.300. The number of Topliss-reactive ketones (excluding diaryl/α,β-unsaturated/α-hetero) is 1. The summed E-state index contributed by atoms with van der Waals surface area (Å²) in [5.41, 5.74) is 0.199. The van der Waals surface area contributed by atoms with Gasteiger partial charge in [-0.3, -0.25) is 4.79 Å². The lowest BCUT2D eigenvalue weighted by Crippen LogP contribution is -2.01. The number of thioether (sulfide) groups is 1. The molecule has 0 saturated carbocycles. The van der Waals surface area contributed by atoms with Crippen molar-refractivity contribution >= 4 is 17.5 Å². The normalized spacial score (nSPS) is 16.3. The number of hydrogen-bond donors (Lipinski definition) is 0. The van der Waals surface area contributed by atoms with E-state index in [0.29, 0.717) is 17.1 Å². The third kappa shape index (κ3) is 1.66. The predicted octanol–water partition coefficient (Wildman–Crippen LogP) is 3.03. The van der Waals surface area contributed by atoms with Crippen LogP contribution in [0.4, 0.5) is 8.78 Å². The van der Waals surface area contributed by atoms with E-state index < -0.39 is 11.6 Å². The molecule has 1 aromatic carbocycles. The molecule has 1 aromatic rings. The van der Waals surface area contributed by atoms with Crippen LogP contribution in [0.1, 0.15) is 23.2 Å². The van der Waals surface area contributed by atoms with Crippen molar-refractivity contribution in [3.8, 4) is 0 Å². The smallest absolute Gasteiger partial charge is 0.164 e. The second-order valence-corrected chi connectivity index (χ2v) is 4.24. The fourth-order valence-electron chi connectivity index (χ4n) is 1.46. The van der Waals surface area contributed by atoms with Crippen molar-refractivity contribution in [1.29, 1.82) is 0 Å². The quantitative estimate of drug-likeness (QED) is 0.660. The van der Waals surface area contributed by atoms with Gasteiger partial charge < -0.3 is 0 Å². The largest absolute Gasteiger partial charge is 0.294 e. The molecule has 0 N–H and O–H groups in total. The highest BCUT2D eigenvalue weighted by Crippen LogP contribution is 2.31. The summed E-state index contributed by atoms with van der Waals surface area (Å²) in [5.74, 6) is -0.762. The van der Waals surface area contributed by atoms with Crippen LogP contribution in [0.25, 0.3) is 0 Å². The highest BCUT2D eigenvalue weighted by molar-refractivity contribution is 7.99. The van der Waals surface area contributed by atoms with Gasteiger partial charge in [-0.05, 0) is 18.2 Å². The van der Waals surface area contributed by atoms with Crippen molar-refractivity contribution in [3.63, 3.8) is 0 Å². The highest BCUT2D eigenvalue weighted by atomic mass is 32.2. The molecule has 2 rings (SSSR count). The van der Waals surface area contributed by atoms with Gasteiger partial charge in [0.15, 0.2) is 5.78 Å². The number of fused-ring (bicyclic) bond motifs is 1. The van der Waals surface area contributed by atoms with Crippen molar-refractivity contribution in [2.45, 2.75) is 17.7 Å². The van der Waals surface area contributed by atoms with Gasteiger partial charge in [0.25, 0.3) is 0 Å². The molecule has 14 heavy (non-hydrogen) atoms. The Hall–Kier alpha value is -0.900. The standard InChI is InChI=1S/C10H8F2OS/c11-6-4-7-9(13)2-1-3-14-10(7)8(12)5-6/h4-5H,1-3H2. The Labute approximate surface area is 84.5 Å². The molecule has 0 bridgehead atoms. The van der Waals surface area contributed by atoms with Crippen LogP contribution >= 0.6 is 11.8 Å². The van der Waals surface area contributed by atoms with Crippen molar-refractivity contribution in [1.82, 2.24) is 0 Å². The zero-order chi connectivity index (χ0) is 10.1. The molecule has 0 saturated heterocycles. The topological polar surface area (TPSA) is 17.1 Å². The summed E-state index contributed by atoms with van der Waals surface area (Å²) in [7, 11) is 0. The SMILES string of the molecule is O=C1CCCSc2c(F)cc(F)cc21. The number of carbonyl (C=O) groups is 1. The van der Waals surface area contributed by atoms with Gasteiger partial charge in [0, 0.05) is 18.1 Å². The number of hydrogen-bond acceptors (Lipinski definition) is 2. The average molecular weight is 214 g/mol. The van der Waals surface area contributed by atoms with Crippen LogP contribution in [-0.4, -0.2) is 11.5 Å². The molecule has 1 aliphatic rings. The van der Waals surface area contributed by atoms with Crippen LogP contribution < -0.4 is 0 Å². The molecule has 1 nitrogen and oxygen atoms in total. The molecule has 0 unspecified atom stereocenters. The van der Waals surface area contributed by atoms with Gasteiger partial charge in [0.2, 0.25) is 0 Å². The zero-order valence-electron chi connectivity index (χ0n) is 7.35. The number of benzene rings is 1. The monoisotopic (exact) mass is 214 g/mol. The molecule has 0 aromatic heterocycles. The van der Waals surface area contributed by atoms with Gasteiger partial charge >= 0.3 is 0 Å². The average Bonchev–Trinajstić information content (AvgIpc) is 2.29. The summed E-state index contributed by atoms with van der Waals surface area (Å²) in [6.07, 6.45) is 1.10. The summed E-state index contributed by atoms with van der Waals surface area (Å²) in [5, 5.41) is 0. The molecular formula is C10H8F2OS. The third-order valence-electron chi connectivity index (χ3n) is 2.10. The number of carbonyl (C=O) groups excluding carboxylic acids is 1. The van der Waals surface area contributed by atoms with Crippen LogP contribution in [-0.2, 0) is 0 Å². The first kappa shape index (κ1) is 9.65. The van der Waals surface area contributed by atoms with Crippen LogP contribution in [0, 0.1) is 11.6 Å². The Kier molecular flexibility index (Phi) is 2.54. The first-order valence-electron chi connectivity index (χ1n) is 4.33. The lowest BCUT2D eigenvalue weighted by molar-refractivity contribution is 0.0979. The van der Waals surface area contributed by atoms with Gasteiger partial charge in [0.1, 0.15) is 11.6 Å². The Morgan fingerprint density at radius 2 is 2.07 bits per heavy atom. The molecular weight excluding hydrogens is 206 g/mol. The van der Waals surface area contributed by atoms with Crippen LogP contribution in [0.15, 0.2) is 17.0 Å². The second kappa shape index (κ2) is 3.69. The Morgan fingerprint density at radius 1 is 1.29 bits per heavy atom.